The third-order valence-corrected chi connectivity index (χ3v) is 1.60. The van der Waals surface area contributed by atoms with E-state index in [2.05, 4.69) is 0 Å². The van der Waals surface area contributed by atoms with E-state index in [1.54, 1.807) is 0 Å². The molecule has 0 fully saturated rings. The number of rotatable bonds is 3. The molecule has 1 rings (SSSR count). The molecule has 0 aliphatic rings. The summed E-state index contributed by atoms with van der Waals surface area (Å²) in [6.07, 6.45) is 0.699. The van der Waals surface area contributed by atoms with Crippen molar-refractivity contribution in [1.82, 2.24) is 0 Å². The fourth-order valence-electron chi connectivity index (χ4n) is 0.841. The molecule has 0 radical (unpaired) electrons. The Balaban J connectivity index is 0.00000144. The van der Waals surface area contributed by atoms with E-state index in [1.165, 1.54) is 12.1 Å². The predicted molar refractivity (Wildman–Crippen MR) is 49.8 cm³/mol. The van der Waals surface area contributed by atoms with E-state index >= 15 is 0 Å². The van der Waals surface area contributed by atoms with Crippen LogP contribution in [0.1, 0.15) is 25.1 Å². The highest BCUT2D eigenvalue weighted by Crippen LogP contribution is 2.21. The molecule has 0 amide bonds. The predicted octanol–water partition coefficient (Wildman–Crippen LogP) is 2.02. The fraction of sp³-hybridized carbons (Fsp3) is 0.429. The van der Waals surface area contributed by atoms with Gasteiger partial charge in [-0.2, -0.15) is 0 Å². The summed E-state index contributed by atoms with van der Waals surface area (Å²) in [5.74, 6) is 0.207. The second-order valence-corrected chi connectivity index (χ2v) is 2.45. The average Bonchev–Trinajstić information content (AvgIpc) is 2.51. The van der Waals surface area contributed by atoms with Crippen LogP contribution in [0, 0.1) is 10.1 Å². The number of nitro groups is 1. The van der Waals surface area contributed by atoms with Crippen molar-refractivity contribution in [3.8, 4) is 0 Å². The van der Waals surface area contributed by atoms with Crippen LogP contribution in [0.5, 0.6) is 0 Å². The minimum Gasteiger partial charge on any atom is -0.404 e. The third-order valence-electron chi connectivity index (χ3n) is 1.60. The van der Waals surface area contributed by atoms with E-state index in [-0.39, 0.29) is 24.3 Å². The molecule has 2 N–H and O–H groups in total. The van der Waals surface area contributed by atoms with Gasteiger partial charge in [0.2, 0.25) is 0 Å². The van der Waals surface area contributed by atoms with E-state index in [0.29, 0.717) is 12.2 Å². The first kappa shape index (κ1) is 11.9. The van der Waals surface area contributed by atoms with Crippen LogP contribution in [0.2, 0.25) is 0 Å². The molecule has 0 aromatic carbocycles. The molecule has 74 valence electrons. The Morgan fingerprint density at radius 1 is 1.69 bits per heavy atom. The molecular weight excluding hydrogens is 196 g/mol. The van der Waals surface area contributed by atoms with E-state index in [1.807, 2.05) is 6.92 Å². The summed E-state index contributed by atoms with van der Waals surface area (Å²) in [7, 11) is 0. The van der Waals surface area contributed by atoms with Gasteiger partial charge in [0.1, 0.15) is 10.7 Å². The topological polar surface area (TPSA) is 82.3 Å². The van der Waals surface area contributed by atoms with E-state index in [0.717, 1.165) is 0 Å². The molecule has 0 aliphatic carbocycles. The number of nitrogens with two attached hydrogens (primary N) is 1. The Labute approximate surface area is 81.5 Å². The van der Waals surface area contributed by atoms with E-state index in [4.69, 9.17) is 10.2 Å². The van der Waals surface area contributed by atoms with Crippen LogP contribution in [0.3, 0.4) is 0 Å². The van der Waals surface area contributed by atoms with Crippen molar-refractivity contribution in [2.24, 2.45) is 5.73 Å². The molecule has 13 heavy (non-hydrogen) atoms. The lowest BCUT2D eigenvalue weighted by atomic mass is 10.2. The monoisotopic (exact) mass is 206 g/mol. The fourth-order valence-corrected chi connectivity index (χ4v) is 0.841. The highest BCUT2D eigenvalue weighted by molar-refractivity contribution is 5.85. The zero-order valence-corrected chi connectivity index (χ0v) is 7.91. The number of hydrogen-bond acceptors (Lipinski definition) is 4. The highest BCUT2D eigenvalue weighted by atomic mass is 35.5. The van der Waals surface area contributed by atoms with Crippen molar-refractivity contribution in [2.45, 2.75) is 19.4 Å². The summed E-state index contributed by atoms with van der Waals surface area (Å²) >= 11 is 0. The maximum absolute atomic E-state index is 10.2. The lowest BCUT2D eigenvalue weighted by Gasteiger charge is -2.01. The quantitative estimate of drug-likeness (QED) is 0.606. The van der Waals surface area contributed by atoms with Crippen LogP contribution < -0.4 is 5.73 Å². The van der Waals surface area contributed by atoms with Crippen molar-refractivity contribution < 1.29 is 9.34 Å². The second kappa shape index (κ2) is 4.84. The van der Waals surface area contributed by atoms with Crippen LogP contribution in [0.25, 0.3) is 0 Å². The van der Waals surface area contributed by atoms with Crippen LogP contribution in [-0.2, 0) is 0 Å². The Morgan fingerprint density at radius 2 is 2.31 bits per heavy atom. The number of furan rings is 1. The van der Waals surface area contributed by atoms with Crippen LogP contribution >= 0.6 is 12.4 Å². The zero-order valence-electron chi connectivity index (χ0n) is 7.10. The summed E-state index contributed by atoms with van der Waals surface area (Å²) in [5, 5.41) is 10.2. The number of halogens is 1. The van der Waals surface area contributed by atoms with Gasteiger partial charge in [0, 0.05) is 0 Å². The van der Waals surface area contributed by atoms with E-state index < -0.39 is 4.92 Å². The van der Waals surface area contributed by atoms with Crippen LogP contribution in [-0.4, -0.2) is 4.92 Å². The number of hydrogen-bond donors (Lipinski definition) is 1. The Kier molecular flexibility index (Phi) is 4.44. The van der Waals surface area contributed by atoms with Crippen molar-refractivity contribution in [3.05, 3.63) is 28.0 Å². The van der Waals surface area contributed by atoms with Gasteiger partial charge in [-0.25, -0.2) is 0 Å². The molecule has 1 aromatic heterocycles. The minimum atomic E-state index is -0.578. The largest absolute Gasteiger partial charge is 0.433 e. The maximum atomic E-state index is 10.2. The van der Waals surface area contributed by atoms with Gasteiger partial charge in [0.25, 0.3) is 0 Å². The Morgan fingerprint density at radius 3 is 2.69 bits per heavy atom. The van der Waals surface area contributed by atoms with E-state index in [9.17, 15) is 10.1 Å². The molecule has 6 heteroatoms. The van der Waals surface area contributed by atoms with Gasteiger partial charge in [-0.15, -0.1) is 12.4 Å². The molecule has 0 bridgehead atoms. The lowest BCUT2D eigenvalue weighted by Crippen LogP contribution is -2.06. The Bertz CT molecular complexity index is 287. The van der Waals surface area contributed by atoms with Gasteiger partial charge >= 0.3 is 5.88 Å². The average molecular weight is 207 g/mol. The third kappa shape index (κ3) is 2.71. The summed E-state index contributed by atoms with van der Waals surface area (Å²) in [6, 6.07) is 2.59. The highest BCUT2D eigenvalue weighted by Gasteiger charge is 2.14. The molecule has 1 aromatic rings. The number of nitrogens with zero attached hydrogens (tertiary/aromatic N) is 1. The van der Waals surface area contributed by atoms with Gasteiger partial charge < -0.3 is 10.2 Å². The van der Waals surface area contributed by atoms with Crippen LogP contribution in [0.15, 0.2) is 16.5 Å². The Hall–Kier alpha value is -1.07. The molecule has 5 nitrogen and oxygen atoms in total. The van der Waals surface area contributed by atoms with Crippen molar-refractivity contribution in [2.75, 3.05) is 0 Å². The smallest absolute Gasteiger partial charge is 0.404 e. The first-order valence-corrected chi connectivity index (χ1v) is 3.65. The van der Waals surface area contributed by atoms with Gasteiger partial charge in [-0.05, 0) is 12.5 Å². The SMILES string of the molecule is CC[C@@H](N)c1ccc([N+](=O)[O-])o1.Cl. The zero-order chi connectivity index (χ0) is 9.14. The van der Waals surface area contributed by atoms with Gasteiger partial charge in [0.15, 0.2) is 0 Å². The summed E-state index contributed by atoms with van der Waals surface area (Å²) < 4.78 is 4.87. The molecular formula is C7H11ClN2O3. The van der Waals surface area contributed by atoms with Crippen LogP contribution in [0.4, 0.5) is 5.88 Å². The maximum Gasteiger partial charge on any atom is 0.433 e. The molecule has 0 aliphatic heterocycles. The van der Waals surface area contributed by atoms with Gasteiger partial charge in [-0.3, -0.25) is 10.1 Å². The second-order valence-electron chi connectivity index (χ2n) is 2.45. The molecule has 1 atom stereocenters. The summed E-state index contributed by atoms with van der Waals surface area (Å²) in [6.45, 7) is 1.89. The molecule has 0 saturated carbocycles. The normalized spacial score (nSPS) is 11.8. The molecule has 0 saturated heterocycles. The molecule has 0 unspecified atom stereocenters. The van der Waals surface area contributed by atoms with Crippen molar-refractivity contribution in [3.63, 3.8) is 0 Å². The first-order valence-electron chi connectivity index (χ1n) is 3.65. The minimum absolute atomic E-state index is 0. The molecule has 1 heterocycles. The standard InChI is InChI=1S/C7H10N2O3.ClH/c1-2-5(8)6-3-4-7(12-6)9(10)11;/h3-5H,2,8H2,1H3;1H/t5-;/m1./s1. The van der Waals surface area contributed by atoms with Crippen molar-refractivity contribution in [1.29, 1.82) is 0 Å². The van der Waals surface area contributed by atoms with Crippen molar-refractivity contribution >= 4 is 18.3 Å². The lowest BCUT2D eigenvalue weighted by molar-refractivity contribution is -0.402. The van der Waals surface area contributed by atoms with Gasteiger partial charge in [-0.1, -0.05) is 6.92 Å². The first-order chi connectivity index (χ1) is 5.65. The summed E-state index contributed by atoms with van der Waals surface area (Å²) in [4.78, 5) is 9.62. The summed E-state index contributed by atoms with van der Waals surface area (Å²) in [5.41, 5.74) is 5.59. The molecule has 0 spiro atoms. The van der Waals surface area contributed by atoms with Gasteiger partial charge in [0.05, 0.1) is 12.1 Å².